The van der Waals surface area contributed by atoms with Gasteiger partial charge in [0.05, 0.1) is 0 Å². The van der Waals surface area contributed by atoms with Crippen LogP contribution in [0.2, 0.25) is 0 Å². The minimum Gasteiger partial charge on any atom is -0.507 e. The van der Waals surface area contributed by atoms with E-state index < -0.39 is 17.5 Å². The van der Waals surface area contributed by atoms with E-state index in [4.69, 9.17) is 0 Å². The zero-order valence-electron chi connectivity index (χ0n) is 16.8. The highest BCUT2D eigenvalue weighted by Crippen LogP contribution is 2.41. The molecule has 0 bridgehead atoms. The molecule has 0 atom stereocenters. The topological polar surface area (TPSA) is 20.2 Å². The van der Waals surface area contributed by atoms with Gasteiger partial charge < -0.3 is 5.11 Å². The lowest BCUT2D eigenvalue weighted by atomic mass is 9.72. The zero-order valence-corrected chi connectivity index (χ0v) is 16.8. The molecule has 1 saturated carbocycles. The van der Waals surface area contributed by atoms with Crippen LogP contribution in [0.4, 0.5) is 13.2 Å². The van der Waals surface area contributed by atoms with Crippen LogP contribution in [-0.4, -0.2) is 5.11 Å². The number of halogens is 3. The molecule has 1 nitrogen and oxygen atoms in total. The summed E-state index contributed by atoms with van der Waals surface area (Å²) >= 11 is 0. The molecule has 150 valence electrons. The molecule has 0 unspecified atom stereocenters. The van der Waals surface area contributed by atoms with Gasteiger partial charge in [-0.2, -0.15) is 13.2 Å². The van der Waals surface area contributed by atoms with Crippen LogP contribution in [0.5, 0.6) is 5.75 Å². The number of hydrogen-bond donors (Lipinski definition) is 1. The summed E-state index contributed by atoms with van der Waals surface area (Å²) in [6, 6.07) is 7.36. The van der Waals surface area contributed by atoms with Crippen LogP contribution in [0.15, 0.2) is 30.3 Å². The first kappa shape index (κ1) is 21.6. The van der Waals surface area contributed by atoms with Crippen molar-refractivity contribution in [2.45, 2.75) is 72.4 Å². The van der Waals surface area contributed by atoms with Crippen LogP contribution < -0.4 is 0 Å². The molecular weight excluding hydrogens is 349 g/mol. The van der Waals surface area contributed by atoms with E-state index in [0.717, 1.165) is 24.0 Å². The Kier molecular flexibility index (Phi) is 6.82. The van der Waals surface area contributed by atoms with Gasteiger partial charge in [0.2, 0.25) is 0 Å². The summed E-state index contributed by atoms with van der Waals surface area (Å²) in [6.45, 7) is 9.07. The molecule has 0 amide bonds. The van der Waals surface area contributed by atoms with Crippen LogP contribution in [-0.2, 0) is 12.6 Å². The molecule has 0 heterocycles. The summed E-state index contributed by atoms with van der Waals surface area (Å²) in [5.41, 5.74) is 0.578. The Bertz CT molecular complexity index is 751. The number of phenolic OH excluding ortho intramolecular Hbond substituents is 1. The van der Waals surface area contributed by atoms with Gasteiger partial charge in [-0.15, -0.1) is 0 Å². The van der Waals surface area contributed by atoms with Crippen molar-refractivity contribution in [2.75, 3.05) is 0 Å². The number of benzene rings is 2. The molecule has 1 fully saturated rings. The monoisotopic (exact) mass is 380 g/mol. The average molecular weight is 380 g/mol. The molecule has 0 spiro atoms. The average Bonchev–Trinajstić information content (AvgIpc) is 2.60. The van der Waals surface area contributed by atoms with E-state index in [1.807, 2.05) is 6.92 Å². The SMILES string of the molecule is CC(C)(C)C1CCCCC1.CCc1ccc2c(C(F)(F)F)c(O)ccc2c1. The minimum absolute atomic E-state index is 0.0368. The zero-order chi connectivity index (χ0) is 20.2. The Hall–Kier alpha value is -1.71. The first-order valence-corrected chi connectivity index (χ1v) is 9.86. The third kappa shape index (κ3) is 5.63. The van der Waals surface area contributed by atoms with Crippen LogP contribution in [0, 0.1) is 11.3 Å². The predicted octanol–water partition coefficient (Wildman–Crippen LogP) is 7.74. The highest BCUT2D eigenvalue weighted by atomic mass is 19.4. The fraction of sp³-hybridized carbons (Fsp3) is 0.565. The molecule has 0 saturated heterocycles. The van der Waals surface area contributed by atoms with Gasteiger partial charge in [-0.05, 0) is 53.0 Å². The molecule has 1 N–H and O–H groups in total. The Balaban J connectivity index is 0.000000223. The third-order valence-electron chi connectivity index (χ3n) is 5.58. The fourth-order valence-corrected chi connectivity index (χ4v) is 3.85. The first-order valence-electron chi connectivity index (χ1n) is 9.86. The summed E-state index contributed by atoms with van der Waals surface area (Å²) in [5, 5.41) is 9.88. The molecule has 3 rings (SSSR count). The maximum absolute atomic E-state index is 12.8. The van der Waals surface area contributed by atoms with Crippen LogP contribution >= 0.6 is 0 Å². The van der Waals surface area contributed by atoms with Crippen LogP contribution in [0.25, 0.3) is 10.8 Å². The summed E-state index contributed by atoms with van der Waals surface area (Å²) in [4.78, 5) is 0. The van der Waals surface area contributed by atoms with E-state index in [0.29, 0.717) is 10.8 Å². The Morgan fingerprint density at radius 2 is 1.59 bits per heavy atom. The normalized spacial score (nSPS) is 16.1. The maximum Gasteiger partial charge on any atom is 0.420 e. The second-order valence-corrected chi connectivity index (χ2v) is 8.57. The third-order valence-corrected chi connectivity index (χ3v) is 5.58. The molecule has 1 aliphatic carbocycles. The van der Waals surface area contributed by atoms with Gasteiger partial charge in [-0.1, -0.05) is 71.2 Å². The number of hydrogen-bond acceptors (Lipinski definition) is 1. The van der Waals surface area contributed by atoms with Gasteiger partial charge in [0.15, 0.2) is 0 Å². The van der Waals surface area contributed by atoms with Gasteiger partial charge >= 0.3 is 6.18 Å². The lowest BCUT2D eigenvalue weighted by Crippen LogP contribution is -2.22. The van der Waals surface area contributed by atoms with E-state index in [1.165, 1.54) is 44.2 Å². The lowest BCUT2D eigenvalue weighted by molar-refractivity contribution is -0.137. The highest BCUT2D eigenvalue weighted by Gasteiger charge is 2.35. The second kappa shape index (κ2) is 8.53. The van der Waals surface area contributed by atoms with Crippen LogP contribution in [0.3, 0.4) is 0 Å². The summed E-state index contributed by atoms with van der Waals surface area (Å²) < 4.78 is 38.4. The van der Waals surface area contributed by atoms with Gasteiger partial charge in [-0.25, -0.2) is 0 Å². The van der Waals surface area contributed by atoms with Crippen molar-refractivity contribution in [3.63, 3.8) is 0 Å². The Morgan fingerprint density at radius 1 is 0.963 bits per heavy atom. The van der Waals surface area contributed by atoms with Crippen molar-refractivity contribution in [3.8, 4) is 5.75 Å². The maximum atomic E-state index is 12.8. The minimum atomic E-state index is -4.54. The molecular formula is C23H31F3O. The van der Waals surface area contributed by atoms with Crippen molar-refractivity contribution >= 4 is 10.8 Å². The molecule has 2 aromatic carbocycles. The molecule has 0 radical (unpaired) electrons. The predicted molar refractivity (Wildman–Crippen MR) is 106 cm³/mol. The fourth-order valence-electron chi connectivity index (χ4n) is 3.85. The van der Waals surface area contributed by atoms with E-state index in [1.54, 1.807) is 12.1 Å². The molecule has 4 heteroatoms. The van der Waals surface area contributed by atoms with Crippen molar-refractivity contribution in [1.82, 2.24) is 0 Å². The van der Waals surface area contributed by atoms with E-state index in [9.17, 15) is 18.3 Å². The van der Waals surface area contributed by atoms with Gasteiger partial charge in [0, 0.05) is 0 Å². The molecule has 1 aliphatic rings. The van der Waals surface area contributed by atoms with Crippen LogP contribution in [0.1, 0.15) is 70.9 Å². The van der Waals surface area contributed by atoms with Gasteiger partial charge in [-0.3, -0.25) is 0 Å². The number of phenols is 1. The van der Waals surface area contributed by atoms with E-state index >= 15 is 0 Å². The quantitative estimate of drug-likeness (QED) is 0.536. The molecule has 27 heavy (non-hydrogen) atoms. The summed E-state index contributed by atoms with van der Waals surface area (Å²) in [7, 11) is 0. The van der Waals surface area contributed by atoms with Gasteiger partial charge in [0.25, 0.3) is 0 Å². The van der Waals surface area contributed by atoms with Gasteiger partial charge in [0.1, 0.15) is 11.3 Å². The number of alkyl halides is 3. The second-order valence-electron chi connectivity index (χ2n) is 8.57. The summed E-state index contributed by atoms with van der Waals surface area (Å²) in [5.74, 6) is 0.274. The standard InChI is InChI=1S/C13H11F3O.C10H20/c1-2-8-3-5-10-9(7-8)4-6-11(17)12(10)13(14,15)16;1-10(2,3)9-7-5-4-6-8-9/h3-7,17H,2H2,1H3;9H,4-8H2,1-3H3. The molecule has 0 aromatic heterocycles. The van der Waals surface area contributed by atoms with Crippen molar-refractivity contribution in [2.24, 2.45) is 11.3 Å². The van der Waals surface area contributed by atoms with E-state index in [-0.39, 0.29) is 5.39 Å². The number of aromatic hydroxyl groups is 1. The Morgan fingerprint density at radius 3 is 2.07 bits per heavy atom. The number of aryl methyl sites for hydroxylation is 1. The highest BCUT2D eigenvalue weighted by molar-refractivity contribution is 5.88. The number of rotatable bonds is 1. The largest absolute Gasteiger partial charge is 0.507 e. The Labute approximate surface area is 160 Å². The summed E-state index contributed by atoms with van der Waals surface area (Å²) in [6.07, 6.45) is 3.60. The first-order chi connectivity index (χ1) is 12.5. The van der Waals surface area contributed by atoms with Crippen molar-refractivity contribution in [3.05, 3.63) is 41.5 Å². The van der Waals surface area contributed by atoms with Crippen molar-refractivity contribution < 1.29 is 18.3 Å². The molecule has 2 aromatic rings. The number of fused-ring (bicyclic) bond motifs is 1. The molecule has 0 aliphatic heterocycles. The van der Waals surface area contributed by atoms with Crippen molar-refractivity contribution in [1.29, 1.82) is 0 Å². The smallest absolute Gasteiger partial charge is 0.420 e. The van der Waals surface area contributed by atoms with E-state index in [2.05, 4.69) is 20.8 Å². The lowest BCUT2D eigenvalue weighted by Gasteiger charge is -2.33.